The van der Waals surface area contributed by atoms with Crippen LogP contribution in [0.1, 0.15) is 21.8 Å². The van der Waals surface area contributed by atoms with E-state index in [1.54, 1.807) is 6.92 Å². The van der Waals surface area contributed by atoms with Gasteiger partial charge in [-0.1, -0.05) is 6.07 Å². The van der Waals surface area contributed by atoms with E-state index >= 15 is 0 Å². The first-order chi connectivity index (χ1) is 10.6. The van der Waals surface area contributed by atoms with Gasteiger partial charge in [-0.15, -0.1) is 11.3 Å². The van der Waals surface area contributed by atoms with E-state index in [2.05, 4.69) is 10.1 Å². The molecule has 0 saturated heterocycles. The third kappa shape index (κ3) is 2.38. The fourth-order valence-corrected chi connectivity index (χ4v) is 2.61. The molecule has 0 spiro atoms. The number of nitrogen functional groups attached to an aromatic ring is 1. The van der Waals surface area contributed by atoms with Gasteiger partial charge in [0, 0.05) is 0 Å². The molecule has 0 fully saturated rings. The number of nitrogens with two attached hydrogens (primary N) is 1. The summed E-state index contributed by atoms with van der Waals surface area (Å²) in [5, 5.41) is 14.6. The molecule has 3 heterocycles. The van der Waals surface area contributed by atoms with E-state index < -0.39 is 0 Å². The Morgan fingerprint density at radius 3 is 3.05 bits per heavy atom. The Hall–Kier alpha value is -2.92. The van der Waals surface area contributed by atoms with E-state index in [1.807, 2.05) is 23.6 Å². The monoisotopic (exact) mass is 313 g/mol. The summed E-state index contributed by atoms with van der Waals surface area (Å²) < 4.78 is 6.60. The molecule has 0 bridgehead atoms. The van der Waals surface area contributed by atoms with Gasteiger partial charge in [0.05, 0.1) is 23.2 Å². The SMILES string of the molecule is Cc1oc(-c2cccs2)nc1CC(=O)n1ncc(C#N)c1N. The van der Waals surface area contributed by atoms with E-state index in [9.17, 15) is 4.79 Å². The van der Waals surface area contributed by atoms with Gasteiger partial charge >= 0.3 is 0 Å². The average Bonchev–Trinajstić information content (AvgIpc) is 3.20. The van der Waals surface area contributed by atoms with Crippen LogP contribution in [0.25, 0.3) is 10.8 Å². The third-order valence-corrected chi connectivity index (χ3v) is 3.96. The molecule has 0 unspecified atom stereocenters. The Morgan fingerprint density at radius 1 is 1.59 bits per heavy atom. The molecular weight excluding hydrogens is 302 g/mol. The van der Waals surface area contributed by atoms with Gasteiger partial charge in [0.1, 0.15) is 23.2 Å². The van der Waals surface area contributed by atoms with Gasteiger partial charge in [0.15, 0.2) is 0 Å². The van der Waals surface area contributed by atoms with Crippen molar-refractivity contribution in [2.24, 2.45) is 0 Å². The van der Waals surface area contributed by atoms with Crippen LogP contribution < -0.4 is 5.73 Å². The summed E-state index contributed by atoms with van der Waals surface area (Å²) in [6, 6.07) is 5.67. The molecule has 0 saturated carbocycles. The summed E-state index contributed by atoms with van der Waals surface area (Å²) >= 11 is 1.51. The molecule has 0 aliphatic carbocycles. The molecule has 0 aliphatic rings. The quantitative estimate of drug-likeness (QED) is 0.794. The predicted octanol–water partition coefficient (Wildman–Crippen LogP) is 2.24. The van der Waals surface area contributed by atoms with E-state index in [0.717, 1.165) is 9.56 Å². The number of hydrogen-bond acceptors (Lipinski definition) is 7. The number of thiophene rings is 1. The lowest BCUT2D eigenvalue weighted by Crippen LogP contribution is -2.18. The highest BCUT2D eigenvalue weighted by Gasteiger charge is 2.19. The molecule has 8 heteroatoms. The second-order valence-corrected chi connectivity index (χ2v) is 5.48. The van der Waals surface area contributed by atoms with Crippen molar-refractivity contribution in [3.63, 3.8) is 0 Å². The zero-order valence-electron chi connectivity index (χ0n) is 11.6. The highest BCUT2D eigenvalue weighted by Crippen LogP contribution is 2.26. The van der Waals surface area contributed by atoms with Gasteiger partial charge in [-0.2, -0.15) is 15.0 Å². The van der Waals surface area contributed by atoms with Crippen LogP contribution in [0.15, 0.2) is 28.1 Å². The van der Waals surface area contributed by atoms with Crippen LogP contribution >= 0.6 is 11.3 Å². The number of carbonyl (C=O) groups is 1. The Balaban J connectivity index is 1.86. The lowest BCUT2D eigenvalue weighted by atomic mass is 10.2. The molecule has 3 aromatic rings. The minimum atomic E-state index is -0.367. The molecule has 2 N–H and O–H groups in total. The lowest BCUT2D eigenvalue weighted by Gasteiger charge is -2.01. The van der Waals surface area contributed by atoms with Crippen LogP contribution in [-0.4, -0.2) is 20.7 Å². The molecule has 7 nitrogen and oxygen atoms in total. The van der Waals surface area contributed by atoms with Gasteiger partial charge in [-0.3, -0.25) is 4.79 Å². The van der Waals surface area contributed by atoms with Crippen LogP contribution in [0.2, 0.25) is 0 Å². The molecule has 0 radical (unpaired) electrons. The second-order valence-electron chi connectivity index (χ2n) is 4.54. The normalized spacial score (nSPS) is 10.5. The highest BCUT2D eigenvalue weighted by molar-refractivity contribution is 7.13. The molecule has 0 aliphatic heterocycles. The standard InChI is InChI=1S/C14H11N5O2S/c1-8-10(18-14(21-8)11-3-2-4-22-11)5-12(20)19-13(16)9(6-15)7-17-19/h2-4,7H,5,16H2,1H3. The molecule has 3 aromatic heterocycles. The van der Waals surface area contributed by atoms with Gasteiger partial charge in [-0.25, -0.2) is 4.98 Å². The summed E-state index contributed by atoms with van der Waals surface area (Å²) in [4.78, 5) is 17.5. The van der Waals surface area contributed by atoms with Crippen molar-refractivity contribution < 1.29 is 9.21 Å². The Morgan fingerprint density at radius 2 is 2.41 bits per heavy atom. The molecule has 22 heavy (non-hydrogen) atoms. The molecule has 0 aromatic carbocycles. The van der Waals surface area contributed by atoms with E-state index in [-0.39, 0.29) is 23.7 Å². The second kappa shape index (κ2) is 5.46. The number of hydrogen-bond donors (Lipinski definition) is 1. The number of rotatable bonds is 3. The van der Waals surface area contributed by atoms with Gasteiger partial charge in [0.25, 0.3) is 5.91 Å². The number of oxazole rings is 1. The molecule has 0 atom stereocenters. The van der Waals surface area contributed by atoms with Gasteiger partial charge in [-0.05, 0) is 18.4 Å². The van der Waals surface area contributed by atoms with E-state index in [1.165, 1.54) is 17.5 Å². The predicted molar refractivity (Wildman–Crippen MR) is 80.2 cm³/mol. The molecular formula is C14H11N5O2S. The Kier molecular flexibility index (Phi) is 3.48. The number of nitrogens with zero attached hydrogens (tertiary/aromatic N) is 4. The average molecular weight is 313 g/mol. The summed E-state index contributed by atoms with van der Waals surface area (Å²) in [7, 11) is 0. The first-order valence-corrected chi connectivity index (χ1v) is 7.25. The van der Waals surface area contributed by atoms with Crippen LogP contribution in [0.3, 0.4) is 0 Å². The smallest absolute Gasteiger partial charge is 0.254 e. The third-order valence-electron chi connectivity index (χ3n) is 3.11. The van der Waals surface area contributed by atoms with Crippen molar-refractivity contribution in [2.45, 2.75) is 13.3 Å². The maximum Gasteiger partial charge on any atom is 0.254 e. The number of nitriles is 1. The molecule has 0 amide bonds. The fraction of sp³-hybridized carbons (Fsp3) is 0.143. The summed E-state index contributed by atoms with van der Waals surface area (Å²) in [5.41, 5.74) is 6.40. The van der Waals surface area contributed by atoms with Crippen molar-refractivity contribution in [3.8, 4) is 16.8 Å². The largest absolute Gasteiger partial charge is 0.440 e. The van der Waals surface area contributed by atoms with Crippen molar-refractivity contribution >= 4 is 23.1 Å². The minimum Gasteiger partial charge on any atom is -0.440 e. The van der Waals surface area contributed by atoms with Crippen LogP contribution in [0.5, 0.6) is 0 Å². The van der Waals surface area contributed by atoms with Crippen LogP contribution in [0, 0.1) is 18.3 Å². The zero-order chi connectivity index (χ0) is 15.7. The fourth-order valence-electron chi connectivity index (χ4n) is 1.96. The van der Waals surface area contributed by atoms with Crippen LogP contribution in [-0.2, 0) is 6.42 Å². The lowest BCUT2D eigenvalue weighted by molar-refractivity contribution is 0.0900. The van der Waals surface area contributed by atoms with Gasteiger partial charge < -0.3 is 10.2 Å². The highest BCUT2D eigenvalue weighted by atomic mass is 32.1. The van der Waals surface area contributed by atoms with E-state index in [4.69, 9.17) is 15.4 Å². The Labute approximate surface area is 129 Å². The van der Waals surface area contributed by atoms with Crippen molar-refractivity contribution in [1.29, 1.82) is 5.26 Å². The maximum absolute atomic E-state index is 12.2. The van der Waals surface area contributed by atoms with E-state index in [0.29, 0.717) is 17.3 Å². The van der Waals surface area contributed by atoms with Crippen molar-refractivity contribution in [2.75, 3.05) is 5.73 Å². The van der Waals surface area contributed by atoms with Crippen LogP contribution in [0.4, 0.5) is 5.82 Å². The van der Waals surface area contributed by atoms with Gasteiger partial charge in [0.2, 0.25) is 5.89 Å². The summed E-state index contributed by atoms with van der Waals surface area (Å²) in [6.07, 6.45) is 1.26. The first kappa shape index (κ1) is 14.0. The number of anilines is 1. The van der Waals surface area contributed by atoms with Crippen molar-refractivity contribution in [1.82, 2.24) is 14.8 Å². The zero-order valence-corrected chi connectivity index (χ0v) is 12.4. The number of carbonyl (C=O) groups excluding carboxylic acids is 1. The first-order valence-electron chi connectivity index (χ1n) is 6.37. The summed E-state index contributed by atoms with van der Waals surface area (Å²) in [6.45, 7) is 1.75. The minimum absolute atomic E-state index is 0.00252. The molecule has 110 valence electrons. The molecule has 3 rings (SSSR count). The van der Waals surface area contributed by atoms with Crippen molar-refractivity contribution in [3.05, 3.63) is 40.7 Å². The topological polar surface area (TPSA) is 111 Å². The number of aromatic nitrogens is 3. The Bertz CT molecular complexity index is 870. The maximum atomic E-state index is 12.2. The summed E-state index contributed by atoms with van der Waals surface area (Å²) in [5.74, 6) is 0.727. The number of aryl methyl sites for hydroxylation is 1.